The van der Waals surface area contributed by atoms with Crippen LogP contribution >= 0.6 is 0 Å². The molecule has 0 aromatic heterocycles. The van der Waals surface area contributed by atoms with Gasteiger partial charge in [-0.05, 0) is 56.8 Å². The molecule has 120 valence electrons. The third-order valence-corrected chi connectivity index (χ3v) is 4.84. The number of hydrogen-bond acceptors (Lipinski definition) is 3. The Morgan fingerprint density at radius 2 is 1.77 bits per heavy atom. The predicted molar refractivity (Wildman–Crippen MR) is 86.8 cm³/mol. The minimum Gasteiger partial charge on any atom is -0.493 e. The van der Waals surface area contributed by atoms with Gasteiger partial charge in [0.05, 0.1) is 6.61 Å². The van der Waals surface area contributed by atoms with Crippen LogP contribution in [0.4, 0.5) is 0 Å². The van der Waals surface area contributed by atoms with E-state index in [1.165, 1.54) is 0 Å². The molecule has 2 saturated heterocycles. The Labute approximate surface area is 132 Å². The summed E-state index contributed by atoms with van der Waals surface area (Å²) in [5.74, 6) is 2.13. The summed E-state index contributed by atoms with van der Waals surface area (Å²) in [6.45, 7) is 4.52. The van der Waals surface area contributed by atoms with Crippen LogP contribution in [-0.4, -0.2) is 43.6 Å². The van der Waals surface area contributed by atoms with Gasteiger partial charge in [-0.3, -0.25) is 4.79 Å². The molecular formula is C18H26N2O2. The van der Waals surface area contributed by atoms with Crippen LogP contribution in [0.1, 0.15) is 25.7 Å². The highest BCUT2D eigenvalue weighted by Gasteiger charge is 2.29. The smallest absolute Gasteiger partial charge is 0.225 e. The molecule has 22 heavy (non-hydrogen) atoms. The Morgan fingerprint density at radius 3 is 2.45 bits per heavy atom. The maximum absolute atomic E-state index is 12.5. The summed E-state index contributed by atoms with van der Waals surface area (Å²) in [5, 5.41) is 3.32. The van der Waals surface area contributed by atoms with Crippen molar-refractivity contribution in [3.8, 4) is 5.75 Å². The van der Waals surface area contributed by atoms with Gasteiger partial charge in [0.1, 0.15) is 5.75 Å². The molecule has 2 aliphatic heterocycles. The molecule has 2 fully saturated rings. The van der Waals surface area contributed by atoms with E-state index >= 15 is 0 Å². The van der Waals surface area contributed by atoms with Crippen molar-refractivity contribution in [3.05, 3.63) is 30.3 Å². The molecule has 0 bridgehead atoms. The first-order chi connectivity index (χ1) is 10.8. The number of ether oxygens (including phenoxy) is 1. The standard InChI is InChI=1S/C18H26N2O2/c21-18(16-6-10-19-11-7-16)20-12-8-15(9-13-20)14-22-17-4-2-1-3-5-17/h1-5,15-16,19H,6-14H2. The van der Waals surface area contributed by atoms with Gasteiger partial charge in [0.2, 0.25) is 5.91 Å². The van der Waals surface area contributed by atoms with Crippen molar-refractivity contribution in [1.82, 2.24) is 10.2 Å². The van der Waals surface area contributed by atoms with Crippen molar-refractivity contribution in [1.29, 1.82) is 0 Å². The molecule has 0 unspecified atom stereocenters. The monoisotopic (exact) mass is 302 g/mol. The summed E-state index contributed by atoms with van der Waals surface area (Å²) in [4.78, 5) is 14.6. The minimum absolute atomic E-state index is 0.248. The third-order valence-electron chi connectivity index (χ3n) is 4.84. The van der Waals surface area contributed by atoms with E-state index in [1.807, 2.05) is 30.3 Å². The second-order valence-corrected chi connectivity index (χ2v) is 6.42. The van der Waals surface area contributed by atoms with Gasteiger partial charge < -0.3 is 15.0 Å². The lowest BCUT2D eigenvalue weighted by Crippen LogP contribution is -2.45. The number of nitrogens with zero attached hydrogens (tertiary/aromatic N) is 1. The summed E-state index contributed by atoms with van der Waals surface area (Å²) in [6, 6.07) is 9.98. The van der Waals surface area contributed by atoms with Crippen molar-refractivity contribution in [2.24, 2.45) is 11.8 Å². The summed E-state index contributed by atoms with van der Waals surface area (Å²) >= 11 is 0. The van der Waals surface area contributed by atoms with E-state index in [9.17, 15) is 4.79 Å². The molecule has 3 rings (SSSR count). The van der Waals surface area contributed by atoms with Gasteiger partial charge in [-0.25, -0.2) is 0 Å². The van der Waals surface area contributed by atoms with Crippen LogP contribution in [0.2, 0.25) is 0 Å². The second-order valence-electron chi connectivity index (χ2n) is 6.42. The number of nitrogens with one attached hydrogen (secondary N) is 1. The molecule has 1 N–H and O–H groups in total. The minimum atomic E-state index is 0.248. The molecular weight excluding hydrogens is 276 g/mol. The number of benzene rings is 1. The molecule has 2 heterocycles. The van der Waals surface area contributed by atoms with Gasteiger partial charge in [-0.15, -0.1) is 0 Å². The number of hydrogen-bond donors (Lipinski definition) is 1. The highest BCUT2D eigenvalue weighted by Crippen LogP contribution is 2.23. The lowest BCUT2D eigenvalue weighted by Gasteiger charge is -2.35. The fourth-order valence-electron chi connectivity index (χ4n) is 3.38. The van der Waals surface area contributed by atoms with Gasteiger partial charge >= 0.3 is 0 Å². The van der Waals surface area contributed by atoms with Gasteiger partial charge in [-0.2, -0.15) is 0 Å². The molecule has 1 aromatic carbocycles. The van der Waals surface area contributed by atoms with E-state index in [4.69, 9.17) is 4.74 Å². The van der Waals surface area contributed by atoms with E-state index in [2.05, 4.69) is 10.2 Å². The number of rotatable bonds is 4. The number of piperidine rings is 2. The Bertz CT molecular complexity index is 463. The fraction of sp³-hybridized carbons (Fsp3) is 0.611. The molecule has 1 amide bonds. The van der Waals surface area contributed by atoms with Crippen LogP contribution < -0.4 is 10.1 Å². The number of carbonyl (C=O) groups excluding carboxylic acids is 1. The Kier molecular flexibility index (Phi) is 5.33. The van der Waals surface area contributed by atoms with Gasteiger partial charge in [0, 0.05) is 19.0 Å². The molecule has 0 radical (unpaired) electrons. The first-order valence-electron chi connectivity index (χ1n) is 8.50. The summed E-state index contributed by atoms with van der Waals surface area (Å²) in [5.41, 5.74) is 0. The highest BCUT2D eigenvalue weighted by atomic mass is 16.5. The van der Waals surface area contributed by atoms with E-state index in [1.54, 1.807) is 0 Å². The normalized spacial score (nSPS) is 20.8. The Morgan fingerprint density at radius 1 is 1.09 bits per heavy atom. The van der Waals surface area contributed by atoms with Crippen LogP contribution in [0, 0.1) is 11.8 Å². The van der Waals surface area contributed by atoms with E-state index in [0.29, 0.717) is 11.8 Å². The van der Waals surface area contributed by atoms with Crippen LogP contribution in [0.5, 0.6) is 5.75 Å². The third kappa shape index (κ3) is 4.01. The van der Waals surface area contributed by atoms with Crippen molar-refractivity contribution in [2.75, 3.05) is 32.8 Å². The first-order valence-corrected chi connectivity index (χ1v) is 8.50. The summed E-state index contributed by atoms with van der Waals surface area (Å²) in [7, 11) is 0. The topological polar surface area (TPSA) is 41.6 Å². The molecule has 0 saturated carbocycles. The zero-order valence-corrected chi connectivity index (χ0v) is 13.2. The van der Waals surface area contributed by atoms with E-state index in [-0.39, 0.29) is 5.92 Å². The maximum atomic E-state index is 12.5. The van der Waals surface area contributed by atoms with Crippen LogP contribution in [0.25, 0.3) is 0 Å². The number of likely N-dealkylation sites (tertiary alicyclic amines) is 1. The molecule has 0 spiro atoms. The van der Waals surface area contributed by atoms with Gasteiger partial charge in [-0.1, -0.05) is 18.2 Å². The number of carbonyl (C=O) groups is 1. The van der Waals surface area contributed by atoms with E-state index in [0.717, 1.165) is 64.2 Å². The summed E-state index contributed by atoms with van der Waals surface area (Å²) in [6.07, 6.45) is 4.11. The zero-order chi connectivity index (χ0) is 15.2. The van der Waals surface area contributed by atoms with E-state index < -0.39 is 0 Å². The van der Waals surface area contributed by atoms with Crippen molar-refractivity contribution < 1.29 is 9.53 Å². The maximum Gasteiger partial charge on any atom is 0.225 e. The van der Waals surface area contributed by atoms with Crippen molar-refractivity contribution in [2.45, 2.75) is 25.7 Å². The SMILES string of the molecule is O=C(C1CCNCC1)N1CCC(COc2ccccc2)CC1. The first kappa shape index (κ1) is 15.3. The number of para-hydroxylation sites is 1. The lowest BCUT2D eigenvalue weighted by molar-refractivity contribution is -0.137. The molecule has 1 aromatic rings. The van der Waals surface area contributed by atoms with Crippen LogP contribution in [0.15, 0.2) is 30.3 Å². The van der Waals surface area contributed by atoms with Crippen LogP contribution in [-0.2, 0) is 4.79 Å². The van der Waals surface area contributed by atoms with Crippen molar-refractivity contribution in [3.63, 3.8) is 0 Å². The second kappa shape index (κ2) is 7.63. The zero-order valence-electron chi connectivity index (χ0n) is 13.2. The fourth-order valence-corrected chi connectivity index (χ4v) is 3.38. The van der Waals surface area contributed by atoms with Crippen LogP contribution in [0.3, 0.4) is 0 Å². The van der Waals surface area contributed by atoms with Crippen molar-refractivity contribution >= 4 is 5.91 Å². The molecule has 0 aliphatic carbocycles. The molecule has 4 heteroatoms. The molecule has 0 atom stereocenters. The average Bonchev–Trinajstić information content (AvgIpc) is 2.61. The number of amides is 1. The average molecular weight is 302 g/mol. The van der Waals surface area contributed by atoms with Gasteiger partial charge in [0.25, 0.3) is 0 Å². The van der Waals surface area contributed by atoms with Gasteiger partial charge in [0.15, 0.2) is 0 Å². The quantitative estimate of drug-likeness (QED) is 0.928. The Balaban J connectivity index is 1.41. The summed E-state index contributed by atoms with van der Waals surface area (Å²) < 4.78 is 5.85. The largest absolute Gasteiger partial charge is 0.493 e. The highest BCUT2D eigenvalue weighted by molar-refractivity contribution is 5.79. The lowest BCUT2D eigenvalue weighted by atomic mass is 9.93. The Hall–Kier alpha value is -1.55. The predicted octanol–water partition coefficient (Wildman–Crippen LogP) is 2.30. The molecule has 4 nitrogen and oxygen atoms in total. The molecule has 2 aliphatic rings.